The van der Waals surface area contributed by atoms with Gasteiger partial charge in [0.15, 0.2) is 0 Å². The number of hydrogen-bond donors (Lipinski definition) is 1. The molecule has 1 N–H and O–H groups in total. The molecule has 0 fully saturated rings. The van der Waals surface area contributed by atoms with Crippen molar-refractivity contribution in [1.82, 2.24) is 0 Å². The highest BCUT2D eigenvalue weighted by Crippen LogP contribution is 2.27. The van der Waals surface area contributed by atoms with Crippen LogP contribution in [0.5, 0.6) is 0 Å². The van der Waals surface area contributed by atoms with E-state index < -0.39 is 0 Å². The summed E-state index contributed by atoms with van der Waals surface area (Å²) in [6.45, 7) is -0.0748. The van der Waals surface area contributed by atoms with Gasteiger partial charge < -0.3 is 5.11 Å². The fourth-order valence-corrected chi connectivity index (χ4v) is 2.42. The van der Waals surface area contributed by atoms with Gasteiger partial charge in [-0.2, -0.15) is 0 Å². The Labute approximate surface area is 119 Å². The molecule has 1 nitrogen and oxygen atoms in total. The van der Waals surface area contributed by atoms with Crippen molar-refractivity contribution in [3.63, 3.8) is 0 Å². The molecule has 0 saturated carbocycles. The zero-order valence-corrected chi connectivity index (χ0v) is 11.7. The second-order valence-electron chi connectivity index (χ2n) is 4.35. The van der Waals surface area contributed by atoms with E-state index in [1.54, 1.807) is 24.3 Å². The molecule has 0 aromatic heterocycles. The lowest BCUT2D eigenvalue weighted by molar-refractivity contribution is 0.264. The fraction of sp³-hybridized carbons (Fsp3) is 0.200. The Bertz CT molecular complexity index is 555. The lowest BCUT2D eigenvalue weighted by atomic mass is 9.92. The van der Waals surface area contributed by atoms with Crippen molar-refractivity contribution in [3.05, 3.63) is 69.7 Å². The number of hydrogen-bond acceptors (Lipinski definition) is 1. The summed E-state index contributed by atoms with van der Waals surface area (Å²) in [6.07, 6.45) is 0.487. The summed E-state index contributed by atoms with van der Waals surface area (Å²) in [7, 11) is 0. The van der Waals surface area contributed by atoms with Crippen LogP contribution in [-0.2, 0) is 6.42 Å². The first-order valence-electron chi connectivity index (χ1n) is 5.91. The molecular formula is C15H13BrF2O. The highest BCUT2D eigenvalue weighted by molar-refractivity contribution is 9.10. The minimum absolute atomic E-state index is 0.0748. The average molecular weight is 327 g/mol. The van der Waals surface area contributed by atoms with Gasteiger partial charge in [0.2, 0.25) is 0 Å². The first-order valence-corrected chi connectivity index (χ1v) is 6.70. The third kappa shape index (κ3) is 3.39. The molecule has 100 valence electrons. The minimum atomic E-state index is -0.326. The van der Waals surface area contributed by atoms with E-state index in [1.165, 1.54) is 18.2 Å². The molecular weight excluding hydrogens is 314 g/mol. The number of rotatable bonds is 4. The molecule has 0 aliphatic carbocycles. The third-order valence-corrected chi connectivity index (χ3v) is 3.95. The minimum Gasteiger partial charge on any atom is -0.396 e. The van der Waals surface area contributed by atoms with E-state index in [0.717, 1.165) is 11.1 Å². The van der Waals surface area contributed by atoms with Crippen LogP contribution in [0.1, 0.15) is 17.0 Å². The summed E-state index contributed by atoms with van der Waals surface area (Å²) in [5.74, 6) is -0.820. The fourth-order valence-electron chi connectivity index (χ4n) is 1.99. The van der Waals surface area contributed by atoms with Crippen molar-refractivity contribution < 1.29 is 13.9 Å². The van der Waals surface area contributed by atoms with Crippen LogP contribution in [0.25, 0.3) is 0 Å². The first-order chi connectivity index (χ1) is 9.11. The Hall–Kier alpha value is -1.26. The lowest BCUT2D eigenvalue weighted by Crippen LogP contribution is -2.08. The smallest absolute Gasteiger partial charge is 0.137 e. The van der Waals surface area contributed by atoms with Crippen LogP contribution in [0.4, 0.5) is 8.78 Å². The van der Waals surface area contributed by atoms with Gasteiger partial charge in [0.25, 0.3) is 0 Å². The van der Waals surface area contributed by atoms with Gasteiger partial charge in [0.1, 0.15) is 11.6 Å². The Morgan fingerprint density at radius 2 is 1.74 bits per heavy atom. The van der Waals surface area contributed by atoms with Crippen LogP contribution in [0.3, 0.4) is 0 Å². The summed E-state index contributed by atoms with van der Waals surface area (Å²) < 4.78 is 26.7. The van der Waals surface area contributed by atoms with E-state index in [4.69, 9.17) is 0 Å². The van der Waals surface area contributed by atoms with Crippen LogP contribution in [-0.4, -0.2) is 11.7 Å². The molecule has 0 heterocycles. The molecule has 0 aliphatic heterocycles. The van der Waals surface area contributed by atoms with Gasteiger partial charge in [-0.25, -0.2) is 8.78 Å². The standard InChI is InChI=1S/C15H13BrF2O/c16-15-11(2-1-3-14(15)18)8-12(9-19)10-4-6-13(17)7-5-10/h1-7,12,19H,8-9H2. The quantitative estimate of drug-likeness (QED) is 0.898. The molecule has 0 bridgehead atoms. The van der Waals surface area contributed by atoms with Gasteiger partial charge in [-0.15, -0.1) is 0 Å². The predicted molar refractivity (Wildman–Crippen MR) is 74.0 cm³/mol. The van der Waals surface area contributed by atoms with Crippen LogP contribution >= 0.6 is 15.9 Å². The van der Waals surface area contributed by atoms with Crippen LogP contribution < -0.4 is 0 Å². The number of aliphatic hydroxyl groups is 1. The topological polar surface area (TPSA) is 20.2 Å². The highest BCUT2D eigenvalue weighted by Gasteiger charge is 2.14. The maximum atomic E-state index is 13.4. The molecule has 1 unspecified atom stereocenters. The van der Waals surface area contributed by atoms with Gasteiger partial charge in [0.05, 0.1) is 11.1 Å². The van der Waals surface area contributed by atoms with E-state index in [9.17, 15) is 13.9 Å². The van der Waals surface area contributed by atoms with E-state index in [2.05, 4.69) is 15.9 Å². The first kappa shape index (κ1) is 14.2. The summed E-state index contributed by atoms with van der Waals surface area (Å²) in [5, 5.41) is 9.47. The maximum absolute atomic E-state index is 13.4. The van der Waals surface area contributed by atoms with Gasteiger partial charge in [-0.1, -0.05) is 24.3 Å². The Balaban J connectivity index is 2.24. The van der Waals surface area contributed by atoms with Crippen molar-refractivity contribution >= 4 is 15.9 Å². The molecule has 0 radical (unpaired) electrons. The second kappa shape index (κ2) is 6.26. The predicted octanol–water partition coefficient (Wildman–Crippen LogP) is 4.05. The molecule has 0 aliphatic rings. The zero-order valence-electron chi connectivity index (χ0n) is 10.1. The summed E-state index contributed by atoms with van der Waals surface area (Å²) in [5.41, 5.74) is 1.61. The molecule has 0 spiro atoms. The van der Waals surface area contributed by atoms with E-state index in [1.807, 2.05) is 0 Å². The van der Waals surface area contributed by atoms with Crippen LogP contribution in [0.15, 0.2) is 46.9 Å². The van der Waals surface area contributed by atoms with Gasteiger partial charge >= 0.3 is 0 Å². The Morgan fingerprint density at radius 1 is 1.05 bits per heavy atom. The average Bonchev–Trinajstić information content (AvgIpc) is 2.42. The molecule has 2 rings (SSSR count). The number of benzene rings is 2. The van der Waals surface area contributed by atoms with Crippen molar-refractivity contribution in [3.8, 4) is 0 Å². The summed E-state index contributed by atoms with van der Waals surface area (Å²) in [6, 6.07) is 10.8. The van der Waals surface area contributed by atoms with Crippen molar-refractivity contribution in [1.29, 1.82) is 0 Å². The van der Waals surface area contributed by atoms with Gasteiger partial charge in [-0.3, -0.25) is 0 Å². The Morgan fingerprint density at radius 3 is 2.37 bits per heavy atom. The zero-order chi connectivity index (χ0) is 13.8. The van der Waals surface area contributed by atoms with E-state index in [0.29, 0.717) is 10.9 Å². The molecule has 19 heavy (non-hydrogen) atoms. The molecule has 1 atom stereocenters. The monoisotopic (exact) mass is 326 g/mol. The molecule has 0 amide bonds. The normalized spacial score (nSPS) is 12.4. The molecule has 2 aromatic carbocycles. The number of halogens is 3. The van der Waals surface area contributed by atoms with Crippen molar-refractivity contribution in [2.75, 3.05) is 6.61 Å². The maximum Gasteiger partial charge on any atom is 0.137 e. The third-order valence-electron chi connectivity index (χ3n) is 3.06. The second-order valence-corrected chi connectivity index (χ2v) is 5.14. The van der Waals surface area contributed by atoms with Crippen LogP contribution in [0, 0.1) is 11.6 Å². The SMILES string of the molecule is OCC(Cc1cccc(F)c1Br)c1ccc(F)cc1. The van der Waals surface area contributed by atoms with Crippen LogP contribution in [0.2, 0.25) is 0 Å². The Kier molecular flexibility index (Phi) is 4.66. The largest absolute Gasteiger partial charge is 0.396 e. The van der Waals surface area contributed by atoms with Gasteiger partial charge in [0, 0.05) is 5.92 Å². The van der Waals surface area contributed by atoms with E-state index in [-0.39, 0.29) is 24.2 Å². The lowest BCUT2D eigenvalue weighted by Gasteiger charge is -2.16. The molecule has 4 heteroatoms. The van der Waals surface area contributed by atoms with Crippen molar-refractivity contribution in [2.45, 2.75) is 12.3 Å². The summed E-state index contributed by atoms with van der Waals surface area (Å²) in [4.78, 5) is 0. The molecule has 0 saturated heterocycles. The molecule has 2 aromatic rings. The number of aliphatic hydroxyl groups excluding tert-OH is 1. The summed E-state index contributed by atoms with van der Waals surface area (Å²) >= 11 is 3.21. The van der Waals surface area contributed by atoms with Gasteiger partial charge in [-0.05, 0) is 51.7 Å². The van der Waals surface area contributed by atoms with Crippen molar-refractivity contribution in [2.24, 2.45) is 0 Å². The van der Waals surface area contributed by atoms with E-state index >= 15 is 0 Å². The highest BCUT2D eigenvalue weighted by atomic mass is 79.9.